The van der Waals surface area contributed by atoms with Crippen LogP contribution in [0.1, 0.15) is 58.4 Å². The van der Waals surface area contributed by atoms with Crippen molar-refractivity contribution in [3.63, 3.8) is 0 Å². The fourth-order valence-corrected chi connectivity index (χ4v) is 4.91. The van der Waals surface area contributed by atoms with Gasteiger partial charge in [-0.2, -0.15) is 0 Å². The third-order valence-corrected chi connectivity index (χ3v) is 6.82. The van der Waals surface area contributed by atoms with Crippen molar-refractivity contribution in [3.8, 4) is 0 Å². The van der Waals surface area contributed by atoms with Crippen LogP contribution in [0, 0.1) is 0 Å². The summed E-state index contributed by atoms with van der Waals surface area (Å²) in [5.41, 5.74) is 1.82. The zero-order valence-corrected chi connectivity index (χ0v) is 18.3. The minimum Gasteiger partial charge on any atom is -0.342 e. The summed E-state index contributed by atoms with van der Waals surface area (Å²) in [6, 6.07) is 19.3. The summed E-state index contributed by atoms with van der Waals surface area (Å²) in [5, 5.41) is 12.5. The fourth-order valence-electron chi connectivity index (χ4n) is 4.00. The zero-order chi connectivity index (χ0) is 21.6. The highest BCUT2D eigenvalue weighted by Gasteiger charge is 2.30. The van der Waals surface area contributed by atoms with Crippen LogP contribution in [0.25, 0.3) is 0 Å². The number of anilines is 1. The van der Waals surface area contributed by atoms with Gasteiger partial charge in [-0.15, -0.1) is 10.2 Å². The smallest absolute Gasteiger partial charge is 0.286 e. The average Bonchev–Trinajstić information content (AvgIpc) is 3.32. The molecule has 31 heavy (non-hydrogen) atoms. The van der Waals surface area contributed by atoms with Crippen LogP contribution in [0.4, 0.5) is 5.69 Å². The second-order valence-electron chi connectivity index (χ2n) is 7.74. The molecule has 0 bridgehead atoms. The van der Waals surface area contributed by atoms with E-state index in [2.05, 4.69) is 22.4 Å². The van der Waals surface area contributed by atoms with E-state index in [9.17, 15) is 9.59 Å². The molecular weight excluding hydrogens is 408 g/mol. The van der Waals surface area contributed by atoms with Crippen LogP contribution in [0.5, 0.6) is 0 Å². The van der Waals surface area contributed by atoms with Crippen molar-refractivity contribution in [3.05, 3.63) is 76.2 Å². The SMILES string of the molecule is CC[C@@H](C(=O)N1CCC(c2nnc(C(=O)Nc3ccccc3)s2)CC1)c1ccccc1. The molecule has 7 heteroatoms. The number of carbonyl (C=O) groups is 2. The lowest BCUT2D eigenvalue weighted by atomic mass is 9.92. The lowest BCUT2D eigenvalue weighted by molar-refractivity contribution is -0.134. The molecule has 0 aliphatic carbocycles. The number of likely N-dealkylation sites (tertiary alicyclic amines) is 1. The molecule has 1 fully saturated rings. The van der Waals surface area contributed by atoms with Crippen LogP contribution in [-0.2, 0) is 4.79 Å². The molecule has 4 rings (SSSR count). The molecule has 3 aromatic rings. The normalized spacial score (nSPS) is 15.5. The van der Waals surface area contributed by atoms with Crippen molar-refractivity contribution in [2.24, 2.45) is 0 Å². The third-order valence-electron chi connectivity index (χ3n) is 5.73. The number of rotatable bonds is 6. The molecular formula is C24H26N4O2S. The maximum Gasteiger partial charge on any atom is 0.286 e. The topological polar surface area (TPSA) is 75.2 Å². The van der Waals surface area contributed by atoms with Gasteiger partial charge in [0.05, 0.1) is 5.92 Å². The van der Waals surface area contributed by atoms with E-state index in [1.807, 2.05) is 65.6 Å². The summed E-state index contributed by atoms with van der Waals surface area (Å²) in [5.74, 6) is 0.104. The van der Waals surface area contributed by atoms with Crippen LogP contribution in [0.2, 0.25) is 0 Å². The Bertz CT molecular complexity index is 1010. The van der Waals surface area contributed by atoms with E-state index in [-0.39, 0.29) is 23.7 Å². The van der Waals surface area contributed by atoms with Gasteiger partial charge in [0.25, 0.3) is 5.91 Å². The summed E-state index contributed by atoms with van der Waals surface area (Å²) >= 11 is 1.35. The van der Waals surface area contributed by atoms with Crippen molar-refractivity contribution < 1.29 is 9.59 Å². The molecule has 160 valence electrons. The molecule has 0 unspecified atom stereocenters. The van der Waals surface area contributed by atoms with E-state index in [4.69, 9.17) is 0 Å². The van der Waals surface area contributed by atoms with Crippen LogP contribution < -0.4 is 5.32 Å². The number of nitrogens with zero attached hydrogens (tertiary/aromatic N) is 3. The number of para-hydroxylation sites is 1. The van der Waals surface area contributed by atoms with Gasteiger partial charge >= 0.3 is 0 Å². The highest BCUT2D eigenvalue weighted by Crippen LogP contribution is 2.32. The van der Waals surface area contributed by atoms with E-state index in [0.717, 1.165) is 35.5 Å². The Morgan fingerprint density at radius 3 is 2.32 bits per heavy atom. The summed E-state index contributed by atoms with van der Waals surface area (Å²) in [6.07, 6.45) is 2.47. The Balaban J connectivity index is 1.35. The first-order chi connectivity index (χ1) is 15.2. The summed E-state index contributed by atoms with van der Waals surface area (Å²) in [7, 11) is 0. The number of carbonyl (C=O) groups excluding carboxylic acids is 2. The minimum absolute atomic E-state index is 0.0902. The molecule has 1 saturated heterocycles. The van der Waals surface area contributed by atoms with Crippen LogP contribution in [-0.4, -0.2) is 40.0 Å². The van der Waals surface area contributed by atoms with E-state index >= 15 is 0 Å². The Hall–Kier alpha value is -3.06. The standard InChI is InChI=1S/C24H26N4O2S/c1-2-20(17-9-5-3-6-10-17)24(30)28-15-13-18(14-16-28)22-26-27-23(31-22)21(29)25-19-11-7-4-8-12-19/h3-12,18,20H,2,13-16H2,1H3,(H,25,29)/t20-/m1/s1. The lowest BCUT2D eigenvalue weighted by Gasteiger charge is -2.33. The number of hydrogen-bond acceptors (Lipinski definition) is 5. The number of amides is 2. The molecule has 1 aromatic heterocycles. The average molecular weight is 435 g/mol. The highest BCUT2D eigenvalue weighted by molar-refractivity contribution is 7.13. The van der Waals surface area contributed by atoms with Gasteiger partial charge in [-0.05, 0) is 37.0 Å². The maximum absolute atomic E-state index is 13.1. The predicted octanol–water partition coefficient (Wildman–Crippen LogP) is 4.69. The lowest BCUT2D eigenvalue weighted by Crippen LogP contribution is -2.40. The van der Waals surface area contributed by atoms with Crippen LogP contribution in [0.3, 0.4) is 0 Å². The first-order valence-corrected chi connectivity index (χ1v) is 11.5. The van der Waals surface area contributed by atoms with Crippen molar-refractivity contribution in [2.45, 2.75) is 38.0 Å². The molecule has 0 spiro atoms. The molecule has 1 N–H and O–H groups in total. The van der Waals surface area contributed by atoms with Crippen molar-refractivity contribution in [2.75, 3.05) is 18.4 Å². The quantitative estimate of drug-likeness (QED) is 0.611. The monoisotopic (exact) mass is 434 g/mol. The summed E-state index contributed by atoms with van der Waals surface area (Å²) in [4.78, 5) is 27.5. The second kappa shape index (κ2) is 9.83. The molecule has 6 nitrogen and oxygen atoms in total. The molecule has 2 aromatic carbocycles. The van der Waals surface area contributed by atoms with E-state index in [0.29, 0.717) is 18.1 Å². The second-order valence-corrected chi connectivity index (χ2v) is 8.75. The van der Waals surface area contributed by atoms with Gasteiger partial charge < -0.3 is 10.2 Å². The predicted molar refractivity (Wildman–Crippen MR) is 122 cm³/mol. The molecule has 2 amide bonds. The van der Waals surface area contributed by atoms with Gasteiger partial charge in [0.15, 0.2) is 0 Å². The number of benzene rings is 2. The van der Waals surface area contributed by atoms with E-state index in [1.54, 1.807) is 0 Å². The summed E-state index contributed by atoms with van der Waals surface area (Å²) < 4.78 is 0. The number of hydrogen-bond donors (Lipinski definition) is 1. The Morgan fingerprint density at radius 1 is 1.03 bits per heavy atom. The van der Waals surface area contributed by atoms with Gasteiger partial charge in [0.2, 0.25) is 10.9 Å². The van der Waals surface area contributed by atoms with Crippen molar-refractivity contribution >= 4 is 28.8 Å². The van der Waals surface area contributed by atoms with Gasteiger partial charge in [-0.25, -0.2) is 0 Å². The first-order valence-electron chi connectivity index (χ1n) is 10.7. The highest BCUT2D eigenvalue weighted by atomic mass is 32.1. The van der Waals surface area contributed by atoms with Crippen LogP contribution >= 0.6 is 11.3 Å². The minimum atomic E-state index is -0.240. The number of piperidine rings is 1. The third kappa shape index (κ3) is 4.99. The van der Waals surface area contributed by atoms with E-state index < -0.39 is 0 Å². The fraction of sp³-hybridized carbons (Fsp3) is 0.333. The molecule has 1 aliphatic heterocycles. The zero-order valence-electron chi connectivity index (χ0n) is 17.5. The summed E-state index contributed by atoms with van der Waals surface area (Å²) in [6.45, 7) is 3.47. The van der Waals surface area contributed by atoms with Crippen LogP contribution in [0.15, 0.2) is 60.7 Å². The van der Waals surface area contributed by atoms with Gasteiger partial charge in [0, 0.05) is 24.7 Å². The van der Waals surface area contributed by atoms with Gasteiger partial charge in [0.1, 0.15) is 5.01 Å². The number of aromatic nitrogens is 2. The molecule has 1 aliphatic rings. The van der Waals surface area contributed by atoms with E-state index in [1.165, 1.54) is 11.3 Å². The Morgan fingerprint density at radius 2 is 1.68 bits per heavy atom. The largest absolute Gasteiger partial charge is 0.342 e. The Kier molecular flexibility index (Phi) is 6.72. The molecule has 2 heterocycles. The van der Waals surface area contributed by atoms with Crippen molar-refractivity contribution in [1.29, 1.82) is 0 Å². The first kappa shape index (κ1) is 21.2. The number of nitrogens with one attached hydrogen (secondary N) is 1. The molecule has 0 radical (unpaired) electrons. The van der Waals surface area contributed by atoms with Gasteiger partial charge in [-0.3, -0.25) is 9.59 Å². The molecule has 0 saturated carbocycles. The Labute approximate surface area is 186 Å². The van der Waals surface area contributed by atoms with Gasteiger partial charge in [-0.1, -0.05) is 66.8 Å². The maximum atomic E-state index is 13.1. The van der Waals surface area contributed by atoms with Crippen molar-refractivity contribution in [1.82, 2.24) is 15.1 Å². The molecule has 1 atom stereocenters.